The molecule has 2 aromatic rings. The van der Waals surface area contributed by atoms with Crippen molar-refractivity contribution >= 4 is 34.5 Å². The van der Waals surface area contributed by atoms with Crippen LogP contribution < -0.4 is 10.6 Å². The molecule has 25 heavy (non-hydrogen) atoms. The molecule has 1 aliphatic heterocycles. The molecule has 2 heterocycles. The minimum atomic E-state index is -5.11. The number of rotatable bonds is 3. The average Bonchev–Trinajstić information content (AvgIpc) is 3.09. The van der Waals surface area contributed by atoms with Gasteiger partial charge in [0.25, 0.3) is 0 Å². The Balaban J connectivity index is 2.16. The van der Waals surface area contributed by atoms with Gasteiger partial charge in [0.2, 0.25) is 5.78 Å². The molecular formula is C16H13F3N2O2S2. The number of benzene rings is 1. The molecule has 1 aliphatic rings. The highest BCUT2D eigenvalue weighted by Gasteiger charge is 2.59. The van der Waals surface area contributed by atoms with Crippen LogP contribution in [0, 0.1) is 5.92 Å². The summed E-state index contributed by atoms with van der Waals surface area (Å²) < 4.78 is 39.8. The largest absolute Gasteiger partial charge is 0.450 e. The molecule has 0 bridgehead atoms. The first-order valence-corrected chi connectivity index (χ1v) is 8.53. The van der Waals surface area contributed by atoms with E-state index < -0.39 is 29.6 Å². The number of carbonyl (C=O) groups excluding carboxylic acids is 1. The molecule has 0 saturated carbocycles. The fraction of sp³-hybridized carbons (Fsp3) is 0.250. The van der Waals surface area contributed by atoms with Gasteiger partial charge in [0.15, 0.2) is 10.8 Å². The number of nitrogens with one attached hydrogen (secondary N) is 2. The topological polar surface area (TPSA) is 61.4 Å². The second-order valence-electron chi connectivity index (χ2n) is 5.57. The van der Waals surface area contributed by atoms with Crippen molar-refractivity contribution in [2.24, 2.45) is 5.92 Å². The molecule has 0 spiro atoms. The van der Waals surface area contributed by atoms with Crippen molar-refractivity contribution in [1.82, 2.24) is 10.6 Å². The van der Waals surface area contributed by atoms with Gasteiger partial charge < -0.3 is 15.7 Å². The summed E-state index contributed by atoms with van der Waals surface area (Å²) in [5.74, 6) is -3.87. The lowest BCUT2D eigenvalue weighted by atomic mass is 9.78. The Kier molecular flexibility index (Phi) is 4.56. The van der Waals surface area contributed by atoms with Gasteiger partial charge >= 0.3 is 6.18 Å². The maximum atomic E-state index is 13.3. The van der Waals surface area contributed by atoms with E-state index in [9.17, 15) is 23.1 Å². The molecule has 1 saturated heterocycles. The monoisotopic (exact) mass is 386 g/mol. The van der Waals surface area contributed by atoms with Crippen LogP contribution in [0.15, 0.2) is 47.8 Å². The highest BCUT2D eigenvalue weighted by Crippen LogP contribution is 2.43. The molecule has 0 radical (unpaired) electrons. The fourth-order valence-electron chi connectivity index (χ4n) is 2.92. The molecule has 4 nitrogen and oxygen atoms in total. The van der Waals surface area contributed by atoms with E-state index in [1.807, 2.05) is 0 Å². The number of carbonyl (C=O) groups is 1. The maximum absolute atomic E-state index is 13.3. The van der Waals surface area contributed by atoms with E-state index in [2.05, 4.69) is 10.6 Å². The zero-order valence-electron chi connectivity index (χ0n) is 12.6. The molecule has 1 aromatic carbocycles. The van der Waals surface area contributed by atoms with Gasteiger partial charge in [0.1, 0.15) is 5.92 Å². The highest BCUT2D eigenvalue weighted by atomic mass is 32.1. The van der Waals surface area contributed by atoms with Crippen molar-refractivity contribution in [1.29, 1.82) is 0 Å². The molecule has 1 aromatic heterocycles. The summed E-state index contributed by atoms with van der Waals surface area (Å²) >= 11 is 6.11. The number of halogens is 3. The first-order chi connectivity index (χ1) is 11.7. The highest BCUT2D eigenvalue weighted by molar-refractivity contribution is 7.80. The predicted octanol–water partition coefficient (Wildman–Crippen LogP) is 2.86. The van der Waals surface area contributed by atoms with Crippen molar-refractivity contribution in [3.8, 4) is 0 Å². The van der Waals surface area contributed by atoms with Crippen LogP contribution in [0.4, 0.5) is 13.2 Å². The van der Waals surface area contributed by atoms with E-state index in [0.29, 0.717) is 5.56 Å². The third-order valence-corrected chi connectivity index (χ3v) is 5.21. The molecule has 132 valence electrons. The zero-order chi connectivity index (χ0) is 18.2. The predicted molar refractivity (Wildman–Crippen MR) is 90.8 cm³/mol. The van der Waals surface area contributed by atoms with Crippen LogP contribution in [-0.2, 0) is 10.5 Å². The molecule has 0 amide bonds. The summed E-state index contributed by atoms with van der Waals surface area (Å²) in [4.78, 5) is 12.4. The van der Waals surface area contributed by atoms with Crippen molar-refractivity contribution in [3.63, 3.8) is 0 Å². The summed E-state index contributed by atoms with van der Waals surface area (Å²) in [6.45, 7) is 0. The summed E-state index contributed by atoms with van der Waals surface area (Å²) in [5, 5.41) is 17.8. The lowest BCUT2D eigenvalue weighted by Gasteiger charge is -2.45. The Morgan fingerprint density at radius 2 is 1.88 bits per heavy atom. The van der Waals surface area contributed by atoms with Crippen molar-refractivity contribution in [2.45, 2.75) is 17.9 Å². The third kappa shape index (κ3) is 3.26. The van der Waals surface area contributed by atoms with E-state index in [0.717, 1.165) is 11.3 Å². The number of hydrogen-bond donors (Lipinski definition) is 3. The molecule has 3 atom stereocenters. The van der Waals surface area contributed by atoms with Crippen molar-refractivity contribution in [2.75, 3.05) is 0 Å². The summed E-state index contributed by atoms with van der Waals surface area (Å²) in [7, 11) is 0. The van der Waals surface area contributed by atoms with Crippen LogP contribution in [0.3, 0.4) is 0 Å². The van der Waals surface area contributed by atoms with E-state index in [-0.39, 0.29) is 9.99 Å². The molecule has 0 aliphatic carbocycles. The molecular weight excluding hydrogens is 373 g/mol. The number of aliphatic hydroxyl groups is 1. The molecule has 9 heteroatoms. The lowest BCUT2D eigenvalue weighted by Crippen LogP contribution is -2.66. The van der Waals surface area contributed by atoms with E-state index in [1.165, 1.54) is 6.07 Å². The molecule has 0 unspecified atom stereocenters. The van der Waals surface area contributed by atoms with Gasteiger partial charge in [-0.25, -0.2) is 0 Å². The number of hydrogen-bond acceptors (Lipinski definition) is 4. The first-order valence-electron chi connectivity index (χ1n) is 7.24. The van der Waals surface area contributed by atoms with Crippen LogP contribution in [-0.4, -0.2) is 22.2 Å². The van der Waals surface area contributed by atoms with Crippen molar-refractivity contribution < 1.29 is 23.1 Å². The number of thiocarbonyl (C=S) groups is 1. The zero-order valence-corrected chi connectivity index (χ0v) is 14.2. The fourth-order valence-corrected chi connectivity index (χ4v) is 4.02. The van der Waals surface area contributed by atoms with E-state index >= 15 is 0 Å². The Labute approximate surface area is 150 Å². The number of Topliss-reactive ketones (excluding diaryl/α,β-unsaturated/α-hetero) is 1. The minimum Gasteiger partial charge on any atom is -0.366 e. The Hall–Kier alpha value is -1.97. The SMILES string of the molecule is O=C([C@@H]1[C@@H](c2ccccc2)NC(=S)N[C@@]1(O)c1cccs1)C(F)(F)F. The van der Waals surface area contributed by atoms with Gasteiger partial charge in [-0.05, 0) is 29.2 Å². The number of alkyl halides is 3. The van der Waals surface area contributed by atoms with Crippen LogP contribution in [0.25, 0.3) is 0 Å². The first kappa shape index (κ1) is 17.8. The smallest absolute Gasteiger partial charge is 0.366 e. The van der Waals surface area contributed by atoms with Crippen molar-refractivity contribution in [3.05, 3.63) is 58.3 Å². The maximum Gasteiger partial charge on any atom is 0.450 e. The normalized spacial score (nSPS) is 26.6. The van der Waals surface area contributed by atoms with E-state index in [4.69, 9.17) is 12.2 Å². The van der Waals surface area contributed by atoms with E-state index in [1.54, 1.807) is 41.8 Å². The minimum absolute atomic E-state index is 0.0315. The number of ketones is 1. The summed E-state index contributed by atoms with van der Waals surface area (Å²) in [5.41, 5.74) is -1.84. The molecule has 1 fully saturated rings. The molecule has 3 N–H and O–H groups in total. The lowest BCUT2D eigenvalue weighted by molar-refractivity contribution is -0.189. The average molecular weight is 386 g/mol. The second kappa shape index (κ2) is 6.40. The van der Waals surface area contributed by atoms with Crippen LogP contribution in [0.2, 0.25) is 0 Å². The number of thiophene rings is 1. The third-order valence-electron chi connectivity index (χ3n) is 3.99. The van der Waals surface area contributed by atoms with Crippen LogP contribution >= 0.6 is 23.6 Å². The van der Waals surface area contributed by atoms with Gasteiger partial charge in [0, 0.05) is 0 Å². The van der Waals surface area contributed by atoms with Gasteiger partial charge in [-0.15, -0.1) is 11.3 Å². The molecule has 3 rings (SSSR count). The Morgan fingerprint density at radius 1 is 1.20 bits per heavy atom. The van der Waals surface area contributed by atoms with Gasteiger partial charge in [-0.3, -0.25) is 4.79 Å². The quantitative estimate of drug-likeness (QED) is 0.708. The van der Waals surface area contributed by atoms with Crippen LogP contribution in [0.1, 0.15) is 16.5 Å². The van der Waals surface area contributed by atoms with Gasteiger partial charge in [-0.1, -0.05) is 36.4 Å². The Morgan fingerprint density at radius 3 is 2.44 bits per heavy atom. The van der Waals surface area contributed by atoms with Crippen LogP contribution in [0.5, 0.6) is 0 Å². The standard InChI is InChI=1S/C16H13F3N2O2S2/c17-16(18,19)13(22)11-12(9-5-2-1-3-6-9)20-14(24)21-15(11,23)10-7-4-8-25-10/h1-8,11-12,23H,(H2,20,21,24)/t11-,12+,15+/m0/s1. The van der Waals surface area contributed by atoms with Gasteiger partial charge in [-0.2, -0.15) is 13.2 Å². The Bertz CT molecular complexity index is 780. The second-order valence-corrected chi connectivity index (χ2v) is 6.93. The van der Waals surface area contributed by atoms with Gasteiger partial charge in [0.05, 0.1) is 10.9 Å². The summed E-state index contributed by atoms with van der Waals surface area (Å²) in [6, 6.07) is 10.1. The summed E-state index contributed by atoms with van der Waals surface area (Å²) in [6.07, 6.45) is -5.11.